The van der Waals surface area contributed by atoms with Crippen molar-refractivity contribution in [2.75, 3.05) is 0 Å². The maximum atomic E-state index is 12.0. The maximum absolute atomic E-state index is 12.0. The van der Waals surface area contributed by atoms with Crippen LogP contribution < -0.4 is 15.4 Å². The molecule has 0 saturated carbocycles. The molecule has 0 radical (unpaired) electrons. The second-order valence-electron chi connectivity index (χ2n) is 10.0. The van der Waals surface area contributed by atoms with E-state index in [0.29, 0.717) is 10.8 Å². The molecule has 0 bridgehead atoms. The summed E-state index contributed by atoms with van der Waals surface area (Å²) in [7, 11) is -8.15. The Hall–Kier alpha value is -5.43. The molecule has 0 aliphatic carbocycles. The SMILES string of the molecule is N=S(=O)([O-])c1ccc([O-])c(N=Nc2c([O-])ccc3ccccc23)c1.NS(=O)(=O)c1ccc(O)c(N=Nc2c(O)ccc3ccccc23)c1.[Co+3]. The monoisotopic (exact) mass is 742 g/mol. The molecule has 5 N–H and O–H groups in total. The minimum absolute atomic E-state index is 0. The molecule has 14 nitrogen and oxygen atoms in total. The quantitative estimate of drug-likeness (QED) is 0.141. The number of aromatic hydroxyl groups is 2. The van der Waals surface area contributed by atoms with Crippen molar-refractivity contribution in [3.8, 4) is 23.0 Å². The smallest absolute Gasteiger partial charge is 0.871 e. The molecule has 49 heavy (non-hydrogen) atoms. The Labute approximate surface area is 290 Å². The van der Waals surface area contributed by atoms with Crippen molar-refractivity contribution in [3.05, 3.63) is 109 Å². The van der Waals surface area contributed by atoms with Gasteiger partial charge in [-0.1, -0.05) is 84.3 Å². The summed E-state index contributed by atoms with van der Waals surface area (Å²) >= 11 is 0. The number of nitrogens with zero attached hydrogens (tertiary/aromatic N) is 4. The molecule has 0 aliphatic rings. The molecule has 6 aromatic rings. The fraction of sp³-hybridized carbons (Fsp3) is 0. The largest absolute Gasteiger partial charge is 3.00 e. The standard InChI is InChI=1S/2C16H13N3O4S.Co/c2*17-24(22,23)11-6-8-14(20)13(9-11)18-19-16-12-4-2-1-3-10(12)5-7-15(16)21;/h2*1-9,20-21H,(H2,17,22,23);/q;;+3/p-3. The van der Waals surface area contributed by atoms with E-state index >= 15 is 0 Å². The Balaban J connectivity index is 0.000000216. The van der Waals surface area contributed by atoms with Crippen molar-refractivity contribution < 1.29 is 54.4 Å². The number of hydrogen-bond donors (Lipinski definition) is 4. The van der Waals surface area contributed by atoms with Crippen LogP contribution in [0.15, 0.2) is 139 Å². The van der Waals surface area contributed by atoms with Gasteiger partial charge >= 0.3 is 16.8 Å². The number of benzene rings is 6. The zero-order valence-corrected chi connectivity index (χ0v) is 27.4. The molecule has 0 fully saturated rings. The van der Waals surface area contributed by atoms with Gasteiger partial charge in [0.05, 0.1) is 16.3 Å². The molecule has 6 rings (SSSR count). The van der Waals surface area contributed by atoms with Crippen LogP contribution in [0.25, 0.3) is 21.5 Å². The maximum Gasteiger partial charge on any atom is 3.00 e. The first-order valence-corrected chi connectivity index (χ1v) is 16.6. The number of fused-ring (bicyclic) bond motifs is 2. The van der Waals surface area contributed by atoms with E-state index in [4.69, 9.17) is 9.92 Å². The Morgan fingerprint density at radius 1 is 0.592 bits per heavy atom. The van der Waals surface area contributed by atoms with Gasteiger partial charge in [-0.2, -0.15) is 10.2 Å². The van der Waals surface area contributed by atoms with Crippen molar-refractivity contribution >= 4 is 64.3 Å². The molecule has 250 valence electrons. The number of phenols is 2. The molecule has 6 aromatic carbocycles. The molecule has 17 heteroatoms. The number of nitrogens with one attached hydrogen (secondary N) is 1. The van der Waals surface area contributed by atoms with Crippen LogP contribution in [0.5, 0.6) is 23.0 Å². The zero-order chi connectivity index (χ0) is 34.6. The van der Waals surface area contributed by atoms with Crippen LogP contribution >= 0.6 is 0 Å². The fourth-order valence-corrected chi connectivity index (χ4v) is 5.45. The Bertz CT molecular complexity index is 2300. The van der Waals surface area contributed by atoms with Gasteiger partial charge in [-0.3, -0.25) is 8.99 Å². The number of azo groups is 2. The Morgan fingerprint density at radius 3 is 1.71 bits per heavy atom. The number of phenolic OH excluding ortho intramolecular Hbond substituents is 2. The molecule has 0 saturated heterocycles. The average Bonchev–Trinajstić information content (AvgIpc) is 3.04. The summed E-state index contributed by atoms with van der Waals surface area (Å²) in [6.45, 7) is 0. The second kappa shape index (κ2) is 14.8. The summed E-state index contributed by atoms with van der Waals surface area (Å²) in [5, 5.41) is 66.9. The molecule has 0 amide bonds. The van der Waals surface area contributed by atoms with E-state index in [2.05, 4.69) is 20.5 Å². The number of hydrogen-bond acceptors (Lipinski definition) is 13. The molecular weight excluding hydrogens is 719 g/mol. The third kappa shape index (κ3) is 8.54. The van der Waals surface area contributed by atoms with Gasteiger partial charge in [0.1, 0.15) is 22.9 Å². The van der Waals surface area contributed by atoms with Gasteiger partial charge in [0.25, 0.3) is 0 Å². The topological polar surface area (TPSA) is 260 Å². The molecule has 1 atom stereocenters. The van der Waals surface area contributed by atoms with Crippen LogP contribution in [0.4, 0.5) is 22.7 Å². The third-order valence-electron chi connectivity index (χ3n) is 6.77. The number of primary sulfonamides is 1. The van der Waals surface area contributed by atoms with Crippen molar-refractivity contribution in [2.24, 2.45) is 25.6 Å². The van der Waals surface area contributed by atoms with Gasteiger partial charge in [-0.05, 0) is 47.2 Å². The predicted molar refractivity (Wildman–Crippen MR) is 173 cm³/mol. The van der Waals surface area contributed by atoms with E-state index in [-0.39, 0.29) is 66.6 Å². The van der Waals surface area contributed by atoms with E-state index in [0.717, 1.165) is 41.1 Å². The summed E-state index contributed by atoms with van der Waals surface area (Å²) in [5.74, 6) is -1.27. The van der Waals surface area contributed by atoms with E-state index in [1.165, 1.54) is 18.2 Å². The molecule has 0 aromatic heterocycles. The minimum atomic E-state index is -4.22. The van der Waals surface area contributed by atoms with Crippen LogP contribution in [0.2, 0.25) is 0 Å². The normalized spacial score (nSPS) is 12.8. The van der Waals surface area contributed by atoms with E-state index in [1.54, 1.807) is 42.5 Å². The molecule has 0 spiro atoms. The summed E-state index contributed by atoms with van der Waals surface area (Å²) in [4.78, 5) is -0.562. The minimum Gasteiger partial charge on any atom is -0.871 e. The van der Waals surface area contributed by atoms with Crippen LogP contribution in [0, 0.1) is 4.78 Å². The number of sulfonamides is 1. The number of rotatable bonds is 6. The van der Waals surface area contributed by atoms with Gasteiger partial charge in [-0.25, -0.2) is 13.6 Å². The average molecular weight is 743 g/mol. The molecule has 0 aliphatic heterocycles. The van der Waals surface area contributed by atoms with Gasteiger partial charge in [0.15, 0.2) is 0 Å². The summed E-state index contributed by atoms with van der Waals surface area (Å²) in [6, 6.07) is 27.0. The van der Waals surface area contributed by atoms with Crippen LogP contribution in [-0.2, 0) is 36.8 Å². The van der Waals surface area contributed by atoms with E-state index in [9.17, 15) is 37.6 Å². The summed E-state index contributed by atoms with van der Waals surface area (Å²) in [6.07, 6.45) is 0. The molecular formula is C32H23CoN6O8S2. The van der Waals surface area contributed by atoms with Gasteiger partial charge in [-0.15, -0.1) is 10.2 Å². The van der Waals surface area contributed by atoms with Crippen LogP contribution in [0.1, 0.15) is 0 Å². The number of nitrogens with two attached hydrogens (primary N) is 1. The van der Waals surface area contributed by atoms with Crippen molar-refractivity contribution in [3.63, 3.8) is 0 Å². The molecule has 0 heterocycles. The summed E-state index contributed by atoms with van der Waals surface area (Å²) in [5.41, 5.74) is -0.0512. The summed E-state index contributed by atoms with van der Waals surface area (Å²) < 4.78 is 52.3. The van der Waals surface area contributed by atoms with Crippen molar-refractivity contribution in [1.82, 2.24) is 0 Å². The first-order chi connectivity index (χ1) is 22.7. The first-order valence-electron chi connectivity index (χ1n) is 13.6. The van der Waals surface area contributed by atoms with Gasteiger partial charge in [0.2, 0.25) is 10.0 Å². The van der Waals surface area contributed by atoms with E-state index in [1.807, 2.05) is 18.2 Å². The van der Waals surface area contributed by atoms with Crippen molar-refractivity contribution in [1.29, 1.82) is 4.78 Å². The van der Waals surface area contributed by atoms with E-state index < -0.39 is 25.8 Å². The molecule has 1 unspecified atom stereocenters. The van der Waals surface area contributed by atoms with Crippen molar-refractivity contribution in [2.45, 2.75) is 9.79 Å². The Morgan fingerprint density at radius 2 is 1.08 bits per heavy atom. The van der Waals surface area contributed by atoms with Gasteiger partial charge < -0.3 is 25.0 Å². The zero-order valence-electron chi connectivity index (χ0n) is 24.8. The third-order valence-corrected chi connectivity index (χ3v) is 8.56. The first kappa shape index (κ1) is 36.4. The predicted octanol–water partition coefficient (Wildman–Crippen LogP) is 6.25. The van der Waals surface area contributed by atoms with Crippen LogP contribution in [0.3, 0.4) is 0 Å². The fourth-order valence-electron chi connectivity index (χ4n) is 4.40. The second-order valence-corrected chi connectivity index (χ2v) is 13.1. The Kier molecular flexibility index (Phi) is 11.0. The van der Waals surface area contributed by atoms with Gasteiger partial charge in [0, 0.05) is 25.7 Å². The van der Waals surface area contributed by atoms with Crippen LogP contribution in [-0.4, -0.2) is 27.4 Å².